The normalized spacial score (nSPS) is 12.1. The van der Waals surface area contributed by atoms with Crippen LogP contribution in [0, 0.1) is 5.92 Å². The molecule has 0 amide bonds. The van der Waals surface area contributed by atoms with Gasteiger partial charge < -0.3 is 19.9 Å². The van der Waals surface area contributed by atoms with Crippen molar-refractivity contribution in [3.63, 3.8) is 0 Å². The molecule has 0 aliphatic heterocycles. The molecule has 27 heavy (non-hydrogen) atoms. The molecule has 0 saturated carbocycles. The highest BCUT2D eigenvalue weighted by molar-refractivity contribution is 9.10. The molecule has 1 unspecified atom stereocenters. The first kappa shape index (κ1) is 21.5. The van der Waals surface area contributed by atoms with Crippen molar-refractivity contribution in [2.24, 2.45) is 5.92 Å². The van der Waals surface area contributed by atoms with E-state index in [0.717, 1.165) is 15.6 Å². The van der Waals surface area contributed by atoms with Gasteiger partial charge in [-0.15, -0.1) is 0 Å². The second-order valence-electron chi connectivity index (χ2n) is 6.47. The van der Waals surface area contributed by atoms with E-state index in [-0.39, 0.29) is 5.92 Å². The molecule has 0 spiro atoms. The lowest BCUT2D eigenvalue weighted by Gasteiger charge is -2.19. The number of methoxy groups -OCH3 is 1. The molecule has 0 aliphatic rings. The van der Waals surface area contributed by atoms with Crippen molar-refractivity contribution >= 4 is 33.5 Å². The number of aliphatic carboxylic acids is 1. The number of rotatable bonds is 9. The zero-order chi connectivity index (χ0) is 20.0. The molecule has 7 heteroatoms. The van der Waals surface area contributed by atoms with Gasteiger partial charge in [0, 0.05) is 11.6 Å². The number of carboxylic acids is 1. The summed E-state index contributed by atoms with van der Waals surface area (Å²) in [7, 11) is 1.57. The van der Waals surface area contributed by atoms with Crippen LogP contribution in [0.15, 0.2) is 40.9 Å². The molecule has 0 heterocycles. The summed E-state index contributed by atoms with van der Waals surface area (Å²) in [5.74, 6) is 0.269. The SMILES string of the molecule is COc1cc(CNC(C(=O)O)C(C)C)cc(Br)c1OCc1cccc(Cl)c1. The Hall–Kier alpha value is -1.76. The zero-order valence-corrected chi connectivity index (χ0v) is 17.8. The molecule has 0 radical (unpaired) electrons. The molecular formula is C20H23BrClNO4. The molecule has 1 atom stereocenters. The summed E-state index contributed by atoms with van der Waals surface area (Å²) in [5.41, 5.74) is 1.84. The summed E-state index contributed by atoms with van der Waals surface area (Å²) in [4.78, 5) is 11.3. The van der Waals surface area contributed by atoms with Crippen LogP contribution >= 0.6 is 27.5 Å². The minimum atomic E-state index is -0.863. The average Bonchev–Trinajstić information content (AvgIpc) is 2.60. The van der Waals surface area contributed by atoms with Gasteiger partial charge in [-0.05, 0) is 57.2 Å². The second-order valence-corrected chi connectivity index (χ2v) is 7.76. The number of carboxylic acid groups (broad SMARTS) is 1. The highest BCUT2D eigenvalue weighted by Crippen LogP contribution is 2.37. The van der Waals surface area contributed by atoms with E-state index in [9.17, 15) is 9.90 Å². The molecule has 0 fully saturated rings. The number of carbonyl (C=O) groups is 1. The first-order chi connectivity index (χ1) is 12.8. The third-order valence-electron chi connectivity index (χ3n) is 4.02. The molecular weight excluding hydrogens is 434 g/mol. The van der Waals surface area contributed by atoms with Crippen LogP contribution in [0.5, 0.6) is 11.5 Å². The Bertz CT molecular complexity index is 798. The molecule has 0 bridgehead atoms. The summed E-state index contributed by atoms with van der Waals surface area (Å²) < 4.78 is 12.1. The summed E-state index contributed by atoms with van der Waals surface area (Å²) in [6, 6.07) is 10.6. The number of ether oxygens (including phenoxy) is 2. The van der Waals surface area contributed by atoms with Crippen molar-refractivity contribution in [2.45, 2.75) is 33.0 Å². The van der Waals surface area contributed by atoms with Crippen molar-refractivity contribution in [2.75, 3.05) is 7.11 Å². The van der Waals surface area contributed by atoms with Gasteiger partial charge in [0.25, 0.3) is 0 Å². The van der Waals surface area contributed by atoms with Gasteiger partial charge in [-0.3, -0.25) is 4.79 Å². The maximum absolute atomic E-state index is 11.3. The van der Waals surface area contributed by atoms with Gasteiger partial charge in [-0.2, -0.15) is 0 Å². The summed E-state index contributed by atoms with van der Waals surface area (Å²) >= 11 is 9.52. The Morgan fingerprint density at radius 3 is 2.59 bits per heavy atom. The van der Waals surface area contributed by atoms with Gasteiger partial charge in [0.05, 0.1) is 11.6 Å². The van der Waals surface area contributed by atoms with Crippen LogP contribution in [0.25, 0.3) is 0 Å². The zero-order valence-electron chi connectivity index (χ0n) is 15.5. The number of hydrogen-bond acceptors (Lipinski definition) is 4. The first-order valence-electron chi connectivity index (χ1n) is 8.51. The van der Waals surface area contributed by atoms with E-state index in [4.69, 9.17) is 21.1 Å². The molecule has 0 aliphatic carbocycles. The van der Waals surface area contributed by atoms with Gasteiger partial charge in [0.2, 0.25) is 0 Å². The summed E-state index contributed by atoms with van der Waals surface area (Å²) in [6.45, 7) is 4.49. The van der Waals surface area contributed by atoms with Crippen molar-refractivity contribution < 1.29 is 19.4 Å². The van der Waals surface area contributed by atoms with Crippen molar-refractivity contribution in [1.29, 1.82) is 0 Å². The third-order valence-corrected chi connectivity index (χ3v) is 4.84. The number of hydrogen-bond donors (Lipinski definition) is 2. The summed E-state index contributed by atoms with van der Waals surface area (Å²) in [5, 5.41) is 13.0. The number of nitrogens with one attached hydrogen (secondary N) is 1. The van der Waals surface area contributed by atoms with Crippen LogP contribution in [-0.2, 0) is 17.9 Å². The van der Waals surface area contributed by atoms with Gasteiger partial charge in [-0.25, -0.2) is 0 Å². The van der Waals surface area contributed by atoms with Crippen molar-refractivity contribution in [3.8, 4) is 11.5 Å². The van der Waals surface area contributed by atoms with E-state index in [1.807, 2.05) is 50.2 Å². The topological polar surface area (TPSA) is 67.8 Å². The first-order valence-corrected chi connectivity index (χ1v) is 9.68. The summed E-state index contributed by atoms with van der Waals surface area (Å²) in [6.07, 6.45) is 0. The fourth-order valence-corrected chi connectivity index (χ4v) is 3.45. The maximum atomic E-state index is 11.3. The Labute approximate surface area is 172 Å². The maximum Gasteiger partial charge on any atom is 0.320 e. The lowest BCUT2D eigenvalue weighted by molar-refractivity contribution is -0.140. The monoisotopic (exact) mass is 455 g/mol. The van der Waals surface area contributed by atoms with Crippen molar-refractivity contribution in [3.05, 3.63) is 57.0 Å². The smallest absolute Gasteiger partial charge is 0.320 e. The molecule has 2 aromatic rings. The largest absolute Gasteiger partial charge is 0.493 e. The fraction of sp³-hybridized carbons (Fsp3) is 0.350. The van der Waals surface area contributed by atoms with Gasteiger partial charge in [-0.1, -0.05) is 37.6 Å². The fourth-order valence-electron chi connectivity index (χ4n) is 2.63. The third kappa shape index (κ3) is 6.13. The molecule has 2 rings (SSSR count). The van der Waals surface area contributed by atoms with Crippen LogP contribution in [0.2, 0.25) is 5.02 Å². The van der Waals surface area contributed by atoms with Crippen LogP contribution in [0.4, 0.5) is 0 Å². The Morgan fingerprint density at radius 2 is 2.00 bits per heavy atom. The van der Waals surface area contributed by atoms with Crippen LogP contribution in [-0.4, -0.2) is 24.2 Å². The van der Waals surface area contributed by atoms with E-state index in [1.54, 1.807) is 7.11 Å². The lowest BCUT2D eigenvalue weighted by Crippen LogP contribution is -2.40. The molecule has 5 nitrogen and oxygen atoms in total. The lowest BCUT2D eigenvalue weighted by atomic mass is 10.0. The van der Waals surface area contributed by atoms with E-state index in [0.29, 0.717) is 29.7 Å². The molecule has 0 aromatic heterocycles. The standard InChI is InChI=1S/C20H23BrClNO4/c1-12(2)18(20(24)25)23-10-14-8-16(21)19(17(9-14)26-3)27-11-13-5-4-6-15(22)7-13/h4-9,12,18,23H,10-11H2,1-3H3,(H,24,25). The molecule has 146 valence electrons. The van der Waals surface area contributed by atoms with Crippen molar-refractivity contribution in [1.82, 2.24) is 5.32 Å². The van der Waals surface area contributed by atoms with E-state index in [1.165, 1.54) is 0 Å². The van der Waals surface area contributed by atoms with E-state index >= 15 is 0 Å². The second kappa shape index (κ2) is 9.97. The van der Waals surface area contributed by atoms with Gasteiger partial charge in [0.1, 0.15) is 12.6 Å². The van der Waals surface area contributed by atoms with E-state index in [2.05, 4.69) is 21.2 Å². The predicted molar refractivity (Wildman–Crippen MR) is 110 cm³/mol. The van der Waals surface area contributed by atoms with Crippen LogP contribution < -0.4 is 14.8 Å². The number of halogens is 2. The highest BCUT2D eigenvalue weighted by Gasteiger charge is 2.21. The minimum Gasteiger partial charge on any atom is -0.493 e. The molecule has 2 aromatic carbocycles. The Morgan fingerprint density at radius 1 is 1.26 bits per heavy atom. The van der Waals surface area contributed by atoms with Crippen LogP contribution in [0.3, 0.4) is 0 Å². The molecule has 0 saturated heterocycles. The highest BCUT2D eigenvalue weighted by atomic mass is 79.9. The van der Waals surface area contributed by atoms with Crippen LogP contribution in [0.1, 0.15) is 25.0 Å². The average molecular weight is 457 g/mol. The molecule has 2 N–H and O–H groups in total. The Kier molecular flexibility index (Phi) is 7.95. The number of benzene rings is 2. The van der Waals surface area contributed by atoms with Gasteiger partial charge in [0.15, 0.2) is 11.5 Å². The quantitative estimate of drug-likeness (QED) is 0.562. The predicted octanol–water partition coefficient (Wildman–Crippen LogP) is 4.89. The Balaban J connectivity index is 2.13. The van der Waals surface area contributed by atoms with E-state index < -0.39 is 12.0 Å². The van der Waals surface area contributed by atoms with Gasteiger partial charge >= 0.3 is 5.97 Å². The minimum absolute atomic E-state index is 0.0202.